The molecule has 1 heterocycles. The first-order valence-corrected chi connectivity index (χ1v) is 8.84. The maximum atomic E-state index is 12.1. The van der Waals surface area contributed by atoms with Crippen molar-refractivity contribution in [3.05, 3.63) is 55.8 Å². The summed E-state index contributed by atoms with van der Waals surface area (Å²) in [6, 6.07) is 6.34. The molecule has 0 fully saturated rings. The highest BCUT2D eigenvalue weighted by atomic mass is 35.5. The molecule has 9 heteroatoms. The van der Waals surface area contributed by atoms with Gasteiger partial charge in [-0.05, 0) is 18.2 Å². The third-order valence-corrected chi connectivity index (χ3v) is 4.75. The number of hydrogen-bond acceptors (Lipinski definition) is 5. The van der Waals surface area contributed by atoms with Crippen LogP contribution in [0.1, 0.15) is 5.69 Å². The molecule has 134 valence electrons. The molecule has 0 aliphatic carbocycles. The Balaban J connectivity index is 1.99. The average molecular weight is 384 g/mol. The zero-order valence-corrected chi connectivity index (χ0v) is 15.6. The minimum Gasteiger partial charge on any atom is -0.495 e. The van der Waals surface area contributed by atoms with E-state index in [2.05, 4.69) is 5.32 Å². The molecule has 0 saturated carbocycles. The van der Waals surface area contributed by atoms with Crippen LogP contribution in [0.5, 0.6) is 5.75 Å². The van der Waals surface area contributed by atoms with Gasteiger partial charge in [0.15, 0.2) is 0 Å². The summed E-state index contributed by atoms with van der Waals surface area (Å²) in [7, 11) is 4.52. The molecule has 1 aromatic carbocycles. The lowest BCUT2D eigenvalue weighted by Gasteiger charge is -2.11. The molecular formula is C16H18ClN3O4S. The molecule has 2 rings (SSSR count). The first kappa shape index (κ1) is 19.1. The van der Waals surface area contributed by atoms with Gasteiger partial charge in [-0.1, -0.05) is 11.6 Å². The smallest absolute Gasteiger partial charge is 0.330 e. The van der Waals surface area contributed by atoms with Gasteiger partial charge in [-0.2, -0.15) is 0 Å². The number of aromatic nitrogens is 2. The van der Waals surface area contributed by atoms with Crippen molar-refractivity contribution in [2.75, 3.05) is 18.2 Å². The first-order valence-electron chi connectivity index (χ1n) is 7.30. The van der Waals surface area contributed by atoms with Gasteiger partial charge in [0.05, 0.1) is 18.6 Å². The molecule has 0 bridgehead atoms. The van der Waals surface area contributed by atoms with E-state index >= 15 is 0 Å². The van der Waals surface area contributed by atoms with Crippen LogP contribution in [0.25, 0.3) is 0 Å². The third-order valence-electron chi connectivity index (χ3n) is 3.54. The number of ether oxygens (including phenoxy) is 1. The van der Waals surface area contributed by atoms with Crippen molar-refractivity contribution in [3.63, 3.8) is 0 Å². The number of halogens is 1. The topological polar surface area (TPSA) is 82.3 Å². The number of carbonyl (C=O) groups is 1. The molecule has 0 aliphatic heterocycles. The Hall–Kier alpha value is -2.19. The monoisotopic (exact) mass is 383 g/mol. The quantitative estimate of drug-likeness (QED) is 0.819. The van der Waals surface area contributed by atoms with Gasteiger partial charge >= 0.3 is 5.69 Å². The van der Waals surface area contributed by atoms with E-state index in [-0.39, 0.29) is 17.2 Å². The van der Waals surface area contributed by atoms with Crippen LogP contribution in [0.3, 0.4) is 0 Å². The molecule has 0 spiro atoms. The lowest BCUT2D eigenvalue weighted by molar-refractivity contribution is -0.113. The molecular weight excluding hydrogens is 366 g/mol. The molecule has 1 amide bonds. The van der Waals surface area contributed by atoms with Gasteiger partial charge in [0.2, 0.25) is 5.91 Å². The van der Waals surface area contributed by atoms with Crippen molar-refractivity contribution >= 4 is 35.0 Å². The number of hydrogen-bond donors (Lipinski definition) is 1. The van der Waals surface area contributed by atoms with E-state index in [1.54, 1.807) is 25.2 Å². The van der Waals surface area contributed by atoms with Crippen LogP contribution in [0.4, 0.5) is 5.69 Å². The second-order valence-corrected chi connectivity index (χ2v) is 6.68. The molecule has 1 N–H and O–H groups in total. The minimum absolute atomic E-state index is 0.152. The number of methoxy groups -OCH3 is 1. The summed E-state index contributed by atoms with van der Waals surface area (Å²) in [6.07, 6.45) is 0. The predicted molar refractivity (Wildman–Crippen MR) is 99.7 cm³/mol. The second-order valence-electron chi connectivity index (χ2n) is 5.26. The van der Waals surface area contributed by atoms with Crippen LogP contribution in [-0.2, 0) is 24.6 Å². The van der Waals surface area contributed by atoms with Gasteiger partial charge in [-0.25, -0.2) is 4.79 Å². The van der Waals surface area contributed by atoms with Crippen LogP contribution in [0, 0.1) is 0 Å². The van der Waals surface area contributed by atoms with Gasteiger partial charge < -0.3 is 10.1 Å². The van der Waals surface area contributed by atoms with Gasteiger partial charge in [-0.3, -0.25) is 18.7 Å². The lowest BCUT2D eigenvalue weighted by atomic mass is 10.3. The molecule has 1 aromatic heterocycles. The van der Waals surface area contributed by atoms with Crippen molar-refractivity contribution in [3.8, 4) is 5.75 Å². The molecule has 25 heavy (non-hydrogen) atoms. The molecule has 0 radical (unpaired) electrons. The Morgan fingerprint density at radius 3 is 2.64 bits per heavy atom. The number of nitrogens with one attached hydrogen (secondary N) is 1. The number of amides is 1. The van der Waals surface area contributed by atoms with Crippen molar-refractivity contribution in [1.82, 2.24) is 9.13 Å². The largest absolute Gasteiger partial charge is 0.495 e. The van der Waals surface area contributed by atoms with Crippen molar-refractivity contribution in [2.45, 2.75) is 5.75 Å². The molecule has 0 saturated heterocycles. The number of thioether (sulfide) groups is 1. The van der Waals surface area contributed by atoms with Crippen LogP contribution in [0.15, 0.2) is 33.9 Å². The van der Waals surface area contributed by atoms with E-state index in [0.717, 1.165) is 4.57 Å². The van der Waals surface area contributed by atoms with E-state index in [0.29, 0.717) is 27.9 Å². The molecule has 2 aromatic rings. The van der Waals surface area contributed by atoms with Crippen molar-refractivity contribution in [1.29, 1.82) is 0 Å². The van der Waals surface area contributed by atoms with E-state index < -0.39 is 5.69 Å². The summed E-state index contributed by atoms with van der Waals surface area (Å²) in [5, 5.41) is 3.22. The van der Waals surface area contributed by atoms with Gasteiger partial charge in [0.1, 0.15) is 5.75 Å². The highest BCUT2D eigenvalue weighted by Gasteiger charge is 2.10. The van der Waals surface area contributed by atoms with E-state index in [1.165, 1.54) is 36.6 Å². The summed E-state index contributed by atoms with van der Waals surface area (Å²) >= 11 is 7.22. The highest BCUT2D eigenvalue weighted by molar-refractivity contribution is 7.99. The summed E-state index contributed by atoms with van der Waals surface area (Å²) in [5.74, 6) is 0.789. The van der Waals surface area contributed by atoms with Gasteiger partial charge in [0.25, 0.3) is 5.56 Å². The summed E-state index contributed by atoms with van der Waals surface area (Å²) in [5.41, 5.74) is 0.288. The SMILES string of the molecule is COc1ccc(Cl)cc1NC(=O)CSCc1cc(=O)n(C)c(=O)n1C. The second kappa shape index (κ2) is 8.26. The summed E-state index contributed by atoms with van der Waals surface area (Å²) in [6.45, 7) is 0. The molecule has 0 aliphatic rings. The van der Waals surface area contributed by atoms with E-state index in [9.17, 15) is 14.4 Å². The van der Waals surface area contributed by atoms with Crippen molar-refractivity contribution < 1.29 is 9.53 Å². The number of nitrogens with zero attached hydrogens (tertiary/aromatic N) is 2. The first-order chi connectivity index (χ1) is 11.8. The standard InChI is InChI=1S/C16H18ClN3O4S/c1-19-11(7-15(22)20(2)16(19)23)8-25-9-14(21)18-12-6-10(17)4-5-13(12)24-3/h4-7H,8-9H2,1-3H3,(H,18,21). The highest BCUT2D eigenvalue weighted by Crippen LogP contribution is 2.27. The number of rotatable bonds is 6. The average Bonchev–Trinajstić information content (AvgIpc) is 2.57. The predicted octanol–water partition coefficient (Wildman–Crippen LogP) is 1.62. The zero-order valence-electron chi connectivity index (χ0n) is 14.0. The van der Waals surface area contributed by atoms with E-state index in [1.807, 2.05) is 0 Å². The Morgan fingerprint density at radius 2 is 1.96 bits per heavy atom. The van der Waals surface area contributed by atoms with Crippen LogP contribution < -0.4 is 21.3 Å². The van der Waals surface area contributed by atoms with Gasteiger partial charge in [-0.15, -0.1) is 11.8 Å². The number of carbonyl (C=O) groups excluding carboxylic acids is 1. The Kier molecular flexibility index (Phi) is 6.33. The van der Waals surface area contributed by atoms with Crippen LogP contribution in [0.2, 0.25) is 5.02 Å². The number of benzene rings is 1. The van der Waals surface area contributed by atoms with Gasteiger partial charge in [0, 0.05) is 36.6 Å². The Bertz CT molecular complexity index is 907. The van der Waals surface area contributed by atoms with E-state index in [4.69, 9.17) is 16.3 Å². The fourth-order valence-corrected chi connectivity index (χ4v) is 3.15. The Morgan fingerprint density at radius 1 is 1.24 bits per heavy atom. The molecule has 0 atom stereocenters. The molecule has 7 nitrogen and oxygen atoms in total. The fourth-order valence-electron chi connectivity index (χ4n) is 2.13. The normalized spacial score (nSPS) is 10.6. The fraction of sp³-hybridized carbons (Fsp3) is 0.312. The Labute approximate surface area is 153 Å². The number of anilines is 1. The minimum atomic E-state index is -0.392. The summed E-state index contributed by atoms with van der Waals surface area (Å²) in [4.78, 5) is 35.6. The molecule has 0 unspecified atom stereocenters. The maximum absolute atomic E-state index is 12.1. The van der Waals surface area contributed by atoms with Crippen LogP contribution in [-0.4, -0.2) is 27.9 Å². The lowest BCUT2D eigenvalue weighted by Crippen LogP contribution is -2.37. The summed E-state index contributed by atoms with van der Waals surface area (Å²) < 4.78 is 7.60. The van der Waals surface area contributed by atoms with Crippen molar-refractivity contribution in [2.24, 2.45) is 14.1 Å². The third kappa shape index (κ3) is 4.67. The van der Waals surface area contributed by atoms with Crippen LogP contribution >= 0.6 is 23.4 Å². The maximum Gasteiger partial charge on any atom is 0.330 e. The zero-order chi connectivity index (χ0) is 18.6.